The molecule has 6 heteroatoms. The third-order valence-electron chi connectivity index (χ3n) is 6.58. The predicted octanol–water partition coefficient (Wildman–Crippen LogP) is 3.19. The molecule has 0 aliphatic heterocycles. The van der Waals surface area contributed by atoms with Crippen LogP contribution in [0.3, 0.4) is 0 Å². The number of carbonyl (C=O) groups is 1. The third kappa shape index (κ3) is 4.37. The van der Waals surface area contributed by atoms with Crippen LogP contribution in [-0.2, 0) is 11.3 Å². The molecule has 152 valence electrons. The number of fused-ring (bicyclic) bond motifs is 1. The van der Waals surface area contributed by atoms with Crippen LogP contribution in [0.25, 0.3) is 10.9 Å². The summed E-state index contributed by atoms with van der Waals surface area (Å²) < 4.78 is 1.47. The summed E-state index contributed by atoms with van der Waals surface area (Å²) in [4.78, 5) is 38.9. The maximum absolute atomic E-state index is 12.4. The first-order valence-electron chi connectivity index (χ1n) is 10.3. The number of amides is 1. The van der Waals surface area contributed by atoms with Gasteiger partial charge in [-0.05, 0) is 49.1 Å². The minimum Gasteiger partial charge on any atom is -0.353 e. The Bertz CT molecular complexity index is 949. The molecule has 6 nitrogen and oxygen atoms in total. The van der Waals surface area contributed by atoms with Gasteiger partial charge in [0.1, 0.15) is 0 Å². The number of aromatic nitrogens is 2. The van der Waals surface area contributed by atoms with Crippen LogP contribution >= 0.6 is 0 Å². The first kappa shape index (κ1) is 20.4. The fourth-order valence-electron chi connectivity index (χ4n) is 4.29. The maximum atomic E-state index is 12.4. The molecule has 1 aliphatic rings. The summed E-state index contributed by atoms with van der Waals surface area (Å²) >= 11 is 0. The molecule has 2 N–H and O–H groups in total. The fraction of sp³-hybridized carbons (Fsp3) is 0.591. The van der Waals surface area contributed by atoms with Crippen molar-refractivity contribution in [2.45, 2.75) is 71.9 Å². The van der Waals surface area contributed by atoms with Crippen LogP contribution in [0.15, 0.2) is 33.9 Å². The molecule has 1 aromatic heterocycles. The first-order valence-corrected chi connectivity index (χ1v) is 10.3. The van der Waals surface area contributed by atoms with Gasteiger partial charge in [0.25, 0.3) is 5.56 Å². The highest BCUT2D eigenvalue weighted by molar-refractivity contribution is 5.79. The van der Waals surface area contributed by atoms with Gasteiger partial charge < -0.3 is 5.32 Å². The Morgan fingerprint density at radius 1 is 1.18 bits per heavy atom. The van der Waals surface area contributed by atoms with Crippen molar-refractivity contribution in [2.24, 2.45) is 11.3 Å². The summed E-state index contributed by atoms with van der Waals surface area (Å²) in [6, 6.07) is 7.19. The lowest BCUT2D eigenvalue weighted by atomic mass is 9.69. The van der Waals surface area contributed by atoms with Crippen molar-refractivity contribution >= 4 is 16.8 Å². The standard InChI is InChI=1S/C22H31N3O3/c1-4-22(2,3)15-9-11-16(12-10-15)23-19(26)13-14-25-18-8-6-5-7-17(18)20(27)24-21(25)28/h5-8,15-16H,4,9-14H2,1-3H3,(H,23,26)(H,24,27,28). The van der Waals surface area contributed by atoms with Crippen LogP contribution in [0, 0.1) is 11.3 Å². The lowest BCUT2D eigenvalue weighted by Gasteiger charge is -2.39. The predicted molar refractivity (Wildman–Crippen MR) is 111 cm³/mol. The molecule has 1 amide bonds. The average Bonchev–Trinajstić information content (AvgIpc) is 2.68. The number of benzene rings is 1. The first-order chi connectivity index (χ1) is 13.3. The van der Waals surface area contributed by atoms with E-state index < -0.39 is 11.2 Å². The summed E-state index contributed by atoms with van der Waals surface area (Å²) in [5.74, 6) is 0.678. The van der Waals surface area contributed by atoms with Gasteiger partial charge in [-0.1, -0.05) is 39.3 Å². The van der Waals surface area contributed by atoms with Crippen LogP contribution in [0.2, 0.25) is 0 Å². The van der Waals surface area contributed by atoms with Gasteiger partial charge in [-0.25, -0.2) is 4.79 Å². The van der Waals surface area contributed by atoms with Gasteiger partial charge in [0.15, 0.2) is 0 Å². The Morgan fingerprint density at radius 3 is 2.54 bits per heavy atom. The number of aromatic amines is 1. The second-order valence-corrected chi connectivity index (χ2v) is 8.64. The zero-order valence-corrected chi connectivity index (χ0v) is 17.1. The minimum atomic E-state index is -0.473. The van der Waals surface area contributed by atoms with Gasteiger partial charge in [-0.2, -0.15) is 0 Å². The maximum Gasteiger partial charge on any atom is 0.328 e. The number of rotatable bonds is 6. The van der Waals surface area contributed by atoms with Crippen LogP contribution in [0.1, 0.15) is 59.3 Å². The van der Waals surface area contributed by atoms with Gasteiger partial charge in [0, 0.05) is 19.0 Å². The lowest BCUT2D eigenvalue weighted by molar-refractivity contribution is -0.122. The van der Waals surface area contributed by atoms with E-state index in [0.717, 1.165) is 31.6 Å². The summed E-state index contributed by atoms with van der Waals surface area (Å²) in [6.07, 6.45) is 5.72. The normalized spacial score (nSPS) is 20.2. The molecule has 1 heterocycles. The van der Waals surface area contributed by atoms with Crippen LogP contribution < -0.4 is 16.6 Å². The number of aryl methyl sites for hydroxylation is 1. The number of nitrogens with zero attached hydrogens (tertiary/aromatic N) is 1. The van der Waals surface area contributed by atoms with Gasteiger partial charge in [-0.3, -0.25) is 19.1 Å². The highest BCUT2D eigenvalue weighted by atomic mass is 16.2. The lowest BCUT2D eigenvalue weighted by Crippen LogP contribution is -2.40. The number of nitrogens with one attached hydrogen (secondary N) is 2. The molecule has 0 atom stereocenters. The van der Waals surface area contributed by atoms with E-state index >= 15 is 0 Å². The molecule has 3 rings (SSSR count). The number of para-hydroxylation sites is 1. The van der Waals surface area contributed by atoms with E-state index in [2.05, 4.69) is 31.1 Å². The molecular weight excluding hydrogens is 354 g/mol. The van der Waals surface area contributed by atoms with Gasteiger partial charge >= 0.3 is 5.69 Å². The van der Waals surface area contributed by atoms with Crippen molar-refractivity contribution in [3.05, 3.63) is 45.1 Å². The zero-order chi connectivity index (χ0) is 20.3. The molecule has 1 aromatic carbocycles. The molecule has 2 aromatic rings. The van der Waals surface area contributed by atoms with Crippen LogP contribution in [0.5, 0.6) is 0 Å². The molecule has 1 saturated carbocycles. The van der Waals surface area contributed by atoms with Gasteiger partial charge in [0.05, 0.1) is 10.9 Å². The Balaban J connectivity index is 1.58. The van der Waals surface area contributed by atoms with Crippen molar-refractivity contribution in [2.75, 3.05) is 0 Å². The highest BCUT2D eigenvalue weighted by Gasteiger charge is 2.32. The molecule has 0 radical (unpaired) electrons. The third-order valence-corrected chi connectivity index (χ3v) is 6.58. The minimum absolute atomic E-state index is 0.0413. The van der Waals surface area contributed by atoms with E-state index in [4.69, 9.17) is 0 Å². The highest BCUT2D eigenvalue weighted by Crippen LogP contribution is 2.40. The summed E-state index contributed by atoms with van der Waals surface area (Å²) in [5.41, 5.74) is 0.0553. The van der Waals surface area contributed by atoms with Crippen molar-refractivity contribution in [3.63, 3.8) is 0 Å². The molecule has 1 aliphatic carbocycles. The van der Waals surface area contributed by atoms with Crippen LogP contribution in [0.4, 0.5) is 0 Å². The fourth-order valence-corrected chi connectivity index (χ4v) is 4.29. The van der Waals surface area contributed by atoms with E-state index in [1.807, 2.05) is 0 Å². The van der Waals surface area contributed by atoms with Crippen molar-refractivity contribution in [1.29, 1.82) is 0 Å². The second-order valence-electron chi connectivity index (χ2n) is 8.64. The van der Waals surface area contributed by atoms with E-state index in [1.54, 1.807) is 24.3 Å². The summed E-state index contributed by atoms with van der Waals surface area (Å²) in [5, 5.41) is 3.59. The topological polar surface area (TPSA) is 84.0 Å². The molecule has 0 bridgehead atoms. The monoisotopic (exact) mass is 385 g/mol. The smallest absolute Gasteiger partial charge is 0.328 e. The molecular formula is C22H31N3O3. The van der Waals surface area contributed by atoms with Gasteiger partial charge in [-0.15, -0.1) is 0 Å². The Hall–Kier alpha value is -2.37. The van der Waals surface area contributed by atoms with Crippen molar-refractivity contribution < 1.29 is 4.79 Å². The zero-order valence-electron chi connectivity index (χ0n) is 17.1. The molecule has 28 heavy (non-hydrogen) atoms. The quantitative estimate of drug-likeness (QED) is 0.801. The number of hydrogen-bond acceptors (Lipinski definition) is 3. The molecule has 0 unspecified atom stereocenters. The van der Waals surface area contributed by atoms with E-state index in [-0.39, 0.29) is 24.9 Å². The SMILES string of the molecule is CCC(C)(C)C1CCC(NC(=O)CCn2c(=O)[nH]c(=O)c3ccccc32)CC1. The van der Waals surface area contributed by atoms with E-state index in [9.17, 15) is 14.4 Å². The summed E-state index contributed by atoms with van der Waals surface area (Å²) in [7, 11) is 0. The van der Waals surface area contributed by atoms with E-state index in [1.165, 1.54) is 11.0 Å². The molecule has 1 fully saturated rings. The number of H-pyrrole nitrogens is 1. The Morgan fingerprint density at radius 2 is 1.86 bits per heavy atom. The van der Waals surface area contributed by atoms with Gasteiger partial charge in [0.2, 0.25) is 5.91 Å². The Labute approximate surface area is 165 Å². The van der Waals surface area contributed by atoms with Crippen molar-refractivity contribution in [3.8, 4) is 0 Å². The van der Waals surface area contributed by atoms with E-state index in [0.29, 0.717) is 16.3 Å². The second kappa shape index (κ2) is 8.33. The van der Waals surface area contributed by atoms with Crippen molar-refractivity contribution in [1.82, 2.24) is 14.9 Å². The average molecular weight is 386 g/mol. The Kier molecular flexibility index (Phi) is 6.06. The number of hydrogen-bond donors (Lipinski definition) is 2. The number of carbonyl (C=O) groups excluding carboxylic acids is 1. The molecule has 0 saturated heterocycles. The largest absolute Gasteiger partial charge is 0.353 e. The van der Waals surface area contributed by atoms with Crippen LogP contribution in [-0.4, -0.2) is 21.5 Å². The molecule has 0 spiro atoms. The summed E-state index contributed by atoms with van der Waals surface area (Å²) in [6.45, 7) is 7.17.